The standard InChI is InChI=1S/C28H52N2O10/c1-10-19-28(8,36)23(33)15(4)20(30-37)13(2)12-27(7,35)24(16(5)21(31)17(6)25(34)39-19)40-26-22(32)18(29-9)11-14(3)38-26/h13-19,21-24,26,29,31-33,35-37H,10-12H2,1-9H3/b30-20+/t13-,14+,15+,16-,17+,18?,19+,21-,22-,23-,24-,26-,27+,28?/m0/s1. The first-order valence-electron chi connectivity index (χ1n) is 14.3. The number of aliphatic hydroxyl groups is 5. The van der Waals surface area contributed by atoms with Crippen molar-refractivity contribution in [2.24, 2.45) is 28.8 Å². The van der Waals surface area contributed by atoms with E-state index in [4.69, 9.17) is 14.2 Å². The molecule has 0 aromatic rings. The molecule has 12 heteroatoms. The number of aliphatic hydroxyl groups excluding tert-OH is 3. The van der Waals surface area contributed by atoms with Crippen molar-refractivity contribution in [1.82, 2.24) is 5.32 Å². The predicted molar refractivity (Wildman–Crippen MR) is 147 cm³/mol. The molecular formula is C28H52N2O10. The zero-order valence-electron chi connectivity index (χ0n) is 25.3. The number of rotatable bonds is 4. The van der Waals surface area contributed by atoms with Crippen LogP contribution in [0.3, 0.4) is 0 Å². The van der Waals surface area contributed by atoms with Gasteiger partial charge in [-0.2, -0.15) is 0 Å². The molecule has 2 unspecified atom stereocenters. The molecule has 0 aromatic carbocycles. The van der Waals surface area contributed by atoms with Crippen molar-refractivity contribution in [2.75, 3.05) is 7.05 Å². The van der Waals surface area contributed by atoms with E-state index in [0.29, 0.717) is 6.42 Å². The summed E-state index contributed by atoms with van der Waals surface area (Å²) in [6.45, 7) is 12.8. The number of hydrogen-bond donors (Lipinski definition) is 7. The second kappa shape index (κ2) is 13.7. The van der Waals surface area contributed by atoms with Gasteiger partial charge < -0.3 is 50.3 Å². The average Bonchev–Trinajstić information content (AvgIpc) is 2.89. The third-order valence-corrected chi connectivity index (χ3v) is 8.97. The molecule has 0 aromatic heterocycles. The van der Waals surface area contributed by atoms with Gasteiger partial charge in [0.05, 0.1) is 41.6 Å². The van der Waals surface area contributed by atoms with Crippen molar-refractivity contribution in [2.45, 2.75) is 135 Å². The van der Waals surface area contributed by atoms with Crippen LogP contribution in [0.4, 0.5) is 0 Å². The lowest BCUT2D eigenvalue weighted by Crippen LogP contribution is -2.60. The monoisotopic (exact) mass is 576 g/mol. The average molecular weight is 577 g/mol. The normalized spacial score (nSPS) is 49.4. The molecule has 2 aliphatic heterocycles. The van der Waals surface area contributed by atoms with E-state index in [-0.39, 0.29) is 30.7 Å². The van der Waals surface area contributed by atoms with Gasteiger partial charge in [0, 0.05) is 23.8 Å². The molecule has 2 heterocycles. The maximum Gasteiger partial charge on any atom is 0.311 e. The third-order valence-electron chi connectivity index (χ3n) is 8.97. The van der Waals surface area contributed by atoms with Crippen LogP contribution in [-0.2, 0) is 19.0 Å². The number of cyclic esters (lactones) is 1. The van der Waals surface area contributed by atoms with E-state index in [9.17, 15) is 35.5 Å². The zero-order chi connectivity index (χ0) is 30.7. The molecule has 234 valence electrons. The molecule has 0 saturated carbocycles. The van der Waals surface area contributed by atoms with Crippen molar-refractivity contribution in [3.63, 3.8) is 0 Å². The van der Waals surface area contributed by atoms with Crippen LogP contribution in [0.2, 0.25) is 0 Å². The minimum Gasteiger partial charge on any atom is -0.459 e. The quantitative estimate of drug-likeness (QED) is 0.142. The van der Waals surface area contributed by atoms with Gasteiger partial charge in [0.25, 0.3) is 0 Å². The lowest BCUT2D eigenvalue weighted by Gasteiger charge is -2.46. The Morgan fingerprint density at radius 3 is 2.17 bits per heavy atom. The number of hydrogen-bond acceptors (Lipinski definition) is 12. The van der Waals surface area contributed by atoms with Gasteiger partial charge in [-0.05, 0) is 54.0 Å². The molecule has 0 bridgehead atoms. The van der Waals surface area contributed by atoms with Crippen molar-refractivity contribution in [1.29, 1.82) is 0 Å². The number of ether oxygens (including phenoxy) is 3. The number of carbonyl (C=O) groups excluding carboxylic acids is 1. The molecule has 2 saturated heterocycles. The predicted octanol–water partition coefficient (Wildman–Crippen LogP) is 0.779. The summed E-state index contributed by atoms with van der Waals surface area (Å²) in [7, 11) is 1.72. The fourth-order valence-electron chi connectivity index (χ4n) is 6.41. The first kappa shape index (κ1) is 34.8. The van der Waals surface area contributed by atoms with E-state index in [2.05, 4.69) is 10.5 Å². The summed E-state index contributed by atoms with van der Waals surface area (Å²) in [5.41, 5.74) is -3.51. The van der Waals surface area contributed by atoms with Gasteiger partial charge in [0.1, 0.15) is 17.8 Å². The maximum atomic E-state index is 13.2. The highest BCUT2D eigenvalue weighted by molar-refractivity contribution is 5.88. The van der Waals surface area contributed by atoms with Crippen molar-refractivity contribution in [3.8, 4) is 0 Å². The topological polar surface area (TPSA) is 191 Å². The molecule has 2 rings (SSSR count). The van der Waals surface area contributed by atoms with Crippen molar-refractivity contribution < 1.29 is 49.7 Å². The molecule has 14 atom stereocenters. The Morgan fingerprint density at radius 2 is 1.65 bits per heavy atom. The van der Waals surface area contributed by atoms with Crippen LogP contribution in [0.15, 0.2) is 5.16 Å². The Morgan fingerprint density at radius 1 is 1.05 bits per heavy atom. The second-order valence-corrected chi connectivity index (χ2v) is 12.4. The second-order valence-electron chi connectivity index (χ2n) is 12.4. The first-order valence-corrected chi connectivity index (χ1v) is 14.3. The fraction of sp³-hybridized carbons (Fsp3) is 0.929. The number of esters is 1. The van der Waals surface area contributed by atoms with E-state index in [1.165, 1.54) is 20.8 Å². The summed E-state index contributed by atoms with van der Waals surface area (Å²) in [6, 6.07) is -0.334. The Balaban J connectivity index is 2.59. The van der Waals surface area contributed by atoms with Crippen LogP contribution in [-0.4, -0.2) is 110 Å². The third kappa shape index (κ3) is 7.33. The summed E-state index contributed by atoms with van der Waals surface area (Å²) in [5, 5.41) is 73.0. The highest BCUT2D eigenvalue weighted by atomic mass is 16.7. The van der Waals surface area contributed by atoms with E-state index in [0.717, 1.165) is 0 Å². The molecule has 0 aliphatic carbocycles. The van der Waals surface area contributed by atoms with Gasteiger partial charge in [0.15, 0.2) is 6.29 Å². The number of carbonyl (C=O) groups is 1. The Kier molecular flexibility index (Phi) is 12.0. The van der Waals surface area contributed by atoms with Gasteiger partial charge in [-0.25, -0.2) is 0 Å². The molecule has 2 fully saturated rings. The molecule has 0 radical (unpaired) electrons. The number of nitrogens with one attached hydrogen (secondary N) is 1. The van der Waals surface area contributed by atoms with Crippen LogP contribution in [0.5, 0.6) is 0 Å². The molecule has 0 spiro atoms. The van der Waals surface area contributed by atoms with Gasteiger partial charge in [0.2, 0.25) is 0 Å². The summed E-state index contributed by atoms with van der Waals surface area (Å²) >= 11 is 0. The lowest BCUT2D eigenvalue weighted by molar-refractivity contribution is -0.293. The van der Waals surface area contributed by atoms with Gasteiger partial charge in [-0.3, -0.25) is 4.79 Å². The van der Waals surface area contributed by atoms with Crippen LogP contribution in [0.25, 0.3) is 0 Å². The highest BCUT2D eigenvalue weighted by Crippen LogP contribution is 2.37. The van der Waals surface area contributed by atoms with Crippen LogP contribution in [0, 0.1) is 23.7 Å². The summed E-state index contributed by atoms with van der Waals surface area (Å²) in [6.07, 6.45) is -6.96. The summed E-state index contributed by atoms with van der Waals surface area (Å²) in [5.74, 6) is -4.27. The molecule has 2 aliphatic rings. The van der Waals surface area contributed by atoms with Crippen LogP contribution in [0.1, 0.15) is 74.7 Å². The van der Waals surface area contributed by atoms with Crippen molar-refractivity contribution >= 4 is 11.7 Å². The Bertz CT molecular complexity index is 868. The summed E-state index contributed by atoms with van der Waals surface area (Å²) < 4.78 is 17.8. The first-order chi connectivity index (χ1) is 18.4. The number of oxime groups is 1. The largest absolute Gasteiger partial charge is 0.459 e. The molecule has 12 nitrogen and oxygen atoms in total. The lowest BCUT2D eigenvalue weighted by atomic mass is 9.73. The van der Waals surface area contributed by atoms with Crippen molar-refractivity contribution in [3.05, 3.63) is 0 Å². The summed E-state index contributed by atoms with van der Waals surface area (Å²) in [4.78, 5) is 13.2. The minimum atomic E-state index is -1.91. The number of nitrogens with zero attached hydrogens (tertiary/aromatic N) is 1. The van der Waals surface area contributed by atoms with Gasteiger partial charge in [-0.15, -0.1) is 0 Å². The van der Waals surface area contributed by atoms with Crippen LogP contribution < -0.4 is 5.32 Å². The van der Waals surface area contributed by atoms with Gasteiger partial charge >= 0.3 is 5.97 Å². The Hall–Kier alpha value is -1.38. The van der Waals surface area contributed by atoms with E-state index in [1.54, 1.807) is 34.7 Å². The smallest absolute Gasteiger partial charge is 0.311 e. The molecule has 40 heavy (non-hydrogen) atoms. The molecular weight excluding hydrogens is 524 g/mol. The SMILES string of the molecule is CC[C@H]1OC(=O)[C@H](C)[C@@H](O)[C@H](C)[C@H](O[C@@H]2O[C@H](C)CC(NC)[C@@H]2O)[C@](C)(O)C[C@H](C)/C(=N\O)[C@@H](C)[C@H](O)C1(C)O. The fourth-order valence-corrected chi connectivity index (χ4v) is 6.41. The number of likely N-dealkylation sites (N-methyl/N-ethyl adjacent to an activating group) is 1. The minimum absolute atomic E-state index is 0.0445. The molecule has 7 N–H and O–H groups in total. The van der Waals surface area contributed by atoms with E-state index in [1.807, 2.05) is 6.92 Å². The zero-order valence-corrected chi connectivity index (χ0v) is 25.3. The molecule has 0 amide bonds. The Labute approximate surface area is 237 Å². The van der Waals surface area contributed by atoms with Crippen LogP contribution >= 0.6 is 0 Å². The highest BCUT2D eigenvalue weighted by Gasteiger charge is 2.50. The van der Waals surface area contributed by atoms with E-state index < -0.39 is 77.7 Å². The maximum absolute atomic E-state index is 13.2. The van der Waals surface area contributed by atoms with E-state index >= 15 is 0 Å². The van der Waals surface area contributed by atoms with Gasteiger partial charge in [-0.1, -0.05) is 32.9 Å².